The van der Waals surface area contributed by atoms with Crippen LogP contribution in [0.2, 0.25) is 0 Å². The summed E-state index contributed by atoms with van der Waals surface area (Å²) < 4.78 is 13.1. The molecule has 2 N–H and O–H groups in total. The minimum atomic E-state index is -0.289. The van der Waals surface area contributed by atoms with Crippen LogP contribution in [0.15, 0.2) is 53.9 Å². The van der Waals surface area contributed by atoms with E-state index in [2.05, 4.69) is 15.6 Å². The molecule has 156 valence electrons. The van der Waals surface area contributed by atoms with Crippen LogP contribution in [0.25, 0.3) is 11.3 Å². The second-order valence-corrected chi connectivity index (χ2v) is 8.15. The molecular weight excluding hydrogens is 401 g/mol. The lowest BCUT2D eigenvalue weighted by molar-refractivity contribution is -0.119. The molecule has 30 heavy (non-hydrogen) atoms. The summed E-state index contributed by atoms with van der Waals surface area (Å²) in [6.45, 7) is 5.36. The van der Waals surface area contributed by atoms with E-state index in [1.54, 1.807) is 12.1 Å². The van der Waals surface area contributed by atoms with Crippen LogP contribution >= 0.6 is 11.3 Å². The summed E-state index contributed by atoms with van der Waals surface area (Å²) in [6.07, 6.45) is 0.288. The number of nitrogens with one attached hydrogen (secondary N) is 2. The SMILES string of the molecule is CC(=O)NC(C)c1ccc(-c2csc(NC(=O)CC(C)c3ccc(F)cc3)n2)cc1. The number of nitrogens with zero attached hydrogens (tertiary/aromatic N) is 1. The Labute approximate surface area is 179 Å². The molecule has 2 aromatic carbocycles. The monoisotopic (exact) mass is 425 g/mol. The van der Waals surface area contributed by atoms with Gasteiger partial charge < -0.3 is 10.6 Å². The van der Waals surface area contributed by atoms with Gasteiger partial charge >= 0.3 is 0 Å². The van der Waals surface area contributed by atoms with Gasteiger partial charge in [0.15, 0.2) is 5.13 Å². The molecule has 3 rings (SSSR count). The molecule has 1 aromatic heterocycles. The summed E-state index contributed by atoms with van der Waals surface area (Å²) in [6, 6.07) is 13.9. The minimum Gasteiger partial charge on any atom is -0.350 e. The van der Waals surface area contributed by atoms with Crippen molar-refractivity contribution < 1.29 is 14.0 Å². The van der Waals surface area contributed by atoms with Gasteiger partial charge in [-0.2, -0.15) is 0 Å². The van der Waals surface area contributed by atoms with Crippen LogP contribution in [-0.2, 0) is 9.59 Å². The van der Waals surface area contributed by atoms with Crippen molar-refractivity contribution in [1.29, 1.82) is 0 Å². The summed E-state index contributed by atoms with van der Waals surface area (Å²) in [7, 11) is 0. The first-order chi connectivity index (χ1) is 14.3. The van der Waals surface area contributed by atoms with Crippen molar-refractivity contribution in [3.8, 4) is 11.3 Å². The summed E-state index contributed by atoms with van der Waals surface area (Å²) in [5.41, 5.74) is 3.64. The molecule has 0 aliphatic carbocycles. The first-order valence-electron chi connectivity index (χ1n) is 9.70. The number of halogens is 1. The van der Waals surface area contributed by atoms with Gasteiger partial charge in [0.25, 0.3) is 0 Å². The molecule has 0 aliphatic heterocycles. The molecule has 1 heterocycles. The number of carbonyl (C=O) groups is 2. The molecule has 0 spiro atoms. The number of anilines is 1. The van der Waals surface area contributed by atoms with Crippen LogP contribution in [0, 0.1) is 5.82 Å². The Hall–Kier alpha value is -3.06. The lowest BCUT2D eigenvalue weighted by atomic mass is 9.97. The number of hydrogen-bond acceptors (Lipinski definition) is 4. The van der Waals surface area contributed by atoms with E-state index in [1.807, 2.05) is 43.5 Å². The van der Waals surface area contributed by atoms with Crippen molar-refractivity contribution in [2.24, 2.45) is 0 Å². The van der Waals surface area contributed by atoms with Crippen molar-refractivity contribution in [2.45, 2.75) is 39.2 Å². The molecule has 0 radical (unpaired) electrons. The highest BCUT2D eigenvalue weighted by atomic mass is 32.1. The number of rotatable bonds is 7. The highest BCUT2D eigenvalue weighted by molar-refractivity contribution is 7.14. The molecule has 3 aromatic rings. The van der Waals surface area contributed by atoms with Crippen molar-refractivity contribution in [3.63, 3.8) is 0 Å². The number of thiazole rings is 1. The Bertz CT molecular complexity index is 1020. The zero-order chi connectivity index (χ0) is 21.7. The Balaban J connectivity index is 1.59. The van der Waals surface area contributed by atoms with Crippen molar-refractivity contribution in [3.05, 3.63) is 70.9 Å². The second-order valence-electron chi connectivity index (χ2n) is 7.29. The van der Waals surface area contributed by atoms with Crippen LogP contribution < -0.4 is 10.6 Å². The van der Waals surface area contributed by atoms with Gasteiger partial charge in [-0.25, -0.2) is 9.37 Å². The zero-order valence-electron chi connectivity index (χ0n) is 17.1. The van der Waals surface area contributed by atoms with Gasteiger partial charge in [0.05, 0.1) is 11.7 Å². The Morgan fingerprint density at radius 2 is 1.67 bits per heavy atom. The van der Waals surface area contributed by atoms with Gasteiger partial charge in [-0.1, -0.05) is 43.3 Å². The van der Waals surface area contributed by atoms with E-state index in [4.69, 9.17) is 0 Å². The Morgan fingerprint density at radius 3 is 2.30 bits per heavy atom. The molecule has 0 aliphatic rings. The average Bonchev–Trinajstić information content (AvgIpc) is 3.16. The highest BCUT2D eigenvalue weighted by Crippen LogP contribution is 2.27. The fourth-order valence-electron chi connectivity index (χ4n) is 3.15. The molecule has 7 heteroatoms. The number of benzene rings is 2. The fraction of sp³-hybridized carbons (Fsp3) is 0.261. The standard InChI is InChI=1S/C23H24FN3O2S/c1-14(17-8-10-20(24)11-9-17)12-22(29)27-23-26-21(13-30-23)19-6-4-18(5-7-19)15(2)25-16(3)28/h4-11,13-15H,12H2,1-3H3,(H,25,28)(H,26,27,29). The smallest absolute Gasteiger partial charge is 0.226 e. The maximum Gasteiger partial charge on any atom is 0.226 e. The minimum absolute atomic E-state index is 0.0248. The van der Waals surface area contributed by atoms with Crippen LogP contribution in [0.3, 0.4) is 0 Å². The van der Waals surface area contributed by atoms with Crippen LogP contribution in [-0.4, -0.2) is 16.8 Å². The topological polar surface area (TPSA) is 71.1 Å². The molecule has 2 amide bonds. The summed E-state index contributed by atoms with van der Waals surface area (Å²) in [5, 5.41) is 8.13. The van der Waals surface area contributed by atoms with E-state index in [1.165, 1.54) is 30.4 Å². The maximum atomic E-state index is 13.1. The Morgan fingerprint density at radius 1 is 1.03 bits per heavy atom. The number of aromatic nitrogens is 1. The fourth-order valence-corrected chi connectivity index (χ4v) is 3.89. The van der Waals surface area contributed by atoms with Crippen molar-refractivity contribution >= 4 is 28.3 Å². The highest BCUT2D eigenvalue weighted by Gasteiger charge is 2.14. The van der Waals surface area contributed by atoms with Gasteiger partial charge in [0.2, 0.25) is 11.8 Å². The largest absolute Gasteiger partial charge is 0.350 e. The van der Waals surface area contributed by atoms with E-state index < -0.39 is 0 Å². The lowest BCUT2D eigenvalue weighted by Gasteiger charge is -2.13. The number of amides is 2. The van der Waals surface area contributed by atoms with Gasteiger partial charge in [0, 0.05) is 24.3 Å². The third kappa shape index (κ3) is 5.73. The molecule has 5 nitrogen and oxygen atoms in total. The lowest BCUT2D eigenvalue weighted by Crippen LogP contribution is -2.23. The molecule has 0 fully saturated rings. The molecule has 2 atom stereocenters. The van der Waals surface area contributed by atoms with Crippen LogP contribution in [0.1, 0.15) is 50.3 Å². The zero-order valence-corrected chi connectivity index (χ0v) is 17.9. The van der Waals surface area contributed by atoms with Gasteiger partial charge in [-0.15, -0.1) is 11.3 Å². The quantitative estimate of drug-likeness (QED) is 0.541. The Kier molecular flexibility index (Phi) is 6.95. The normalized spacial score (nSPS) is 12.8. The number of hydrogen-bond donors (Lipinski definition) is 2. The molecule has 2 unspecified atom stereocenters. The summed E-state index contributed by atoms with van der Waals surface area (Å²) >= 11 is 1.37. The van der Waals surface area contributed by atoms with Crippen molar-refractivity contribution in [2.75, 3.05) is 5.32 Å². The molecule has 0 saturated heterocycles. The van der Waals surface area contributed by atoms with Crippen molar-refractivity contribution in [1.82, 2.24) is 10.3 Å². The van der Waals surface area contributed by atoms with Gasteiger partial charge in [-0.3, -0.25) is 9.59 Å². The second kappa shape index (κ2) is 9.63. The third-order valence-electron chi connectivity index (χ3n) is 4.81. The number of carbonyl (C=O) groups excluding carboxylic acids is 2. The van der Waals surface area contributed by atoms with E-state index in [0.29, 0.717) is 5.13 Å². The average molecular weight is 426 g/mol. The van der Waals surface area contributed by atoms with E-state index in [9.17, 15) is 14.0 Å². The van der Waals surface area contributed by atoms with Crippen LogP contribution in [0.4, 0.5) is 9.52 Å². The van der Waals surface area contributed by atoms with Gasteiger partial charge in [-0.05, 0) is 36.1 Å². The molecule has 0 bridgehead atoms. The maximum absolute atomic E-state index is 13.1. The predicted octanol–water partition coefficient (Wildman–Crippen LogP) is 5.28. The van der Waals surface area contributed by atoms with E-state index in [-0.39, 0.29) is 36.0 Å². The molecular formula is C23H24FN3O2S. The molecule has 0 saturated carbocycles. The third-order valence-corrected chi connectivity index (χ3v) is 5.57. The van der Waals surface area contributed by atoms with Crippen LogP contribution in [0.5, 0.6) is 0 Å². The predicted molar refractivity (Wildman–Crippen MR) is 118 cm³/mol. The van der Waals surface area contributed by atoms with E-state index in [0.717, 1.165) is 22.4 Å². The first kappa shape index (κ1) is 21.6. The first-order valence-corrected chi connectivity index (χ1v) is 10.6. The summed E-state index contributed by atoms with van der Waals surface area (Å²) in [5.74, 6) is -0.515. The van der Waals surface area contributed by atoms with E-state index >= 15 is 0 Å². The van der Waals surface area contributed by atoms with Gasteiger partial charge in [0.1, 0.15) is 5.82 Å². The summed E-state index contributed by atoms with van der Waals surface area (Å²) in [4.78, 5) is 28.1.